The lowest BCUT2D eigenvalue weighted by atomic mass is 9.86. The maximum atomic E-state index is 12.0. The minimum Gasteiger partial charge on any atom is -0.459 e. The Bertz CT molecular complexity index is 481. The molecule has 0 N–H and O–H groups in total. The van der Waals surface area contributed by atoms with Gasteiger partial charge in [0.05, 0.1) is 0 Å². The molecule has 2 aliphatic rings. The van der Waals surface area contributed by atoms with E-state index in [9.17, 15) is 4.79 Å². The Labute approximate surface area is 113 Å². The lowest BCUT2D eigenvalue weighted by Crippen LogP contribution is -2.20. The molecule has 0 spiro atoms. The Balaban J connectivity index is 1.55. The van der Waals surface area contributed by atoms with Gasteiger partial charge in [0.25, 0.3) is 0 Å². The topological polar surface area (TPSA) is 38.7 Å². The molecule has 1 heterocycles. The number of fused-ring (bicyclic) bond motifs is 1. The highest BCUT2D eigenvalue weighted by Gasteiger charge is 2.34. The summed E-state index contributed by atoms with van der Waals surface area (Å²) in [6, 6.07) is 9.54. The van der Waals surface area contributed by atoms with E-state index < -0.39 is 0 Å². The Hall–Kier alpha value is -1.64. The van der Waals surface area contributed by atoms with Gasteiger partial charge in [-0.05, 0) is 37.2 Å². The molecular weight excluding hydrogens is 238 g/mol. The summed E-state index contributed by atoms with van der Waals surface area (Å²) in [7, 11) is 0. The first-order chi connectivity index (χ1) is 9.33. The fourth-order valence-corrected chi connectivity index (χ4v) is 2.99. The van der Waals surface area contributed by atoms with Crippen molar-refractivity contribution in [1.82, 2.24) is 0 Å². The average Bonchev–Trinajstić information content (AvgIpc) is 2.90. The van der Waals surface area contributed by atoms with Crippen molar-refractivity contribution in [2.24, 2.45) is 10.9 Å². The first-order valence-electron chi connectivity index (χ1n) is 7.10. The molecule has 3 rings (SSSR count). The zero-order chi connectivity index (χ0) is 13.1. The van der Waals surface area contributed by atoms with Gasteiger partial charge in [0.15, 0.2) is 0 Å². The molecule has 0 saturated heterocycles. The van der Waals surface area contributed by atoms with Crippen LogP contribution in [0.1, 0.15) is 37.7 Å². The highest BCUT2D eigenvalue weighted by Crippen LogP contribution is 2.32. The fourth-order valence-electron chi connectivity index (χ4n) is 2.99. The molecule has 0 bridgehead atoms. The summed E-state index contributed by atoms with van der Waals surface area (Å²) in [6.07, 6.45) is 5.63. The van der Waals surface area contributed by atoms with Gasteiger partial charge in [-0.2, -0.15) is 0 Å². The van der Waals surface area contributed by atoms with Gasteiger partial charge in [-0.15, -0.1) is 0 Å². The lowest BCUT2D eigenvalue weighted by Gasteiger charge is -2.17. The Morgan fingerprint density at radius 2 is 2.11 bits per heavy atom. The minimum absolute atomic E-state index is 0.161. The van der Waals surface area contributed by atoms with Gasteiger partial charge in [0.2, 0.25) is 0 Å². The highest BCUT2D eigenvalue weighted by atomic mass is 16.5. The van der Waals surface area contributed by atoms with Crippen LogP contribution in [-0.2, 0) is 16.1 Å². The van der Waals surface area contributed by atoms with Crippen LogP contribution in [0.25, 0.3) is 0 Å². The molecule has 2 unspecified atom stereocenters. The van der Waals surface area contributed by atoms with Gasteiger partial charge in [0, 0.05) is 5.71 Å². The van der Waals surface area contributed by atoms with E-state index in [-0.39, 0.29) is 12.0 Å². The molecule has 1 aliphatic heterocycles. The molecule has 1 fully saturated rings. The summed E-state index contributed by atoms with van der Waals surface area (Å²) in [5.74, 6) is 0.383. The maximum Gasteiger partial charge on any atom is 0.331 e. The average molecular weight is 257 g/mol. The Morgan fingerprint density at radius 3 is 2.89 bits per heavy atom. The first-order valence-corrected chi connectivity index (χ1v) is 7.10. The van der Waals surface area contributed by atoms with E-state index in [1.807, 2.05) is 30.3 Å². The molecule has 19 heavy (non-hydrogen) atoms. The molecule has 2 atom stereocenters. The van der Waals surface area contributed by atoms with Crippen molar-refractivity contribution in [3.63, 3.8) is 0 Å². The standard InChI is InChI=1S/C16H19NO2/c18-16(19-11-12-6-2-1-3-7-12)15-10-13-8-4-5-9-14(13)17-15/h1-3,6-7,13,15H,4-5,8-11H2. The maximum absolute atomic E-state index is 12.0. The van der Waals surface area contributed by atoms with Crippen molar-refractivity contribution in [2.75, 3.05) is 0 Å². The predicted molar refractivity (Wildman–Crippen MR) is 74.0 cm³/mol. The summed E-state index contributed by atoms with van der Waals surface area (Å²) in [5.41, 5.74) is 2.28. The third-order valence-corrected chi connectivity index (χ3v) is 4.03. The molecule has 1 aromatic carbocycles. The van der Waals surface area contributed by atoms with E-state index in [0.717, 1.165) is 18.4 Å². The molecule has 0 aromatic heterocycles. The van der Waals surface area contributed by atoms with Crippen LogP contribution in [-0.4, -0.2) is 17.7 Å². The number of rotatable bonds is 3. The van der Waals surface area contributed by atoms with Crippen LogP contribution in [0.4, 0.5) is 0 Å². The van der Waals surface area contributed by atoms with Crippen LogP contribution in [0.3, 0.4) is 0 Å². The fraction of sp³-hybridized carbons (Fsp3) is 0.500. The Morgan fingerprint density at radius 1 is 1.26 bits per heavy atom. The number of nitrogens with zero attached hydrogens (tertiary/aromatic N) is 1. The van der Waals surface area contributed by atoms with Gasteiger partial charge >= 0.3 is 5.97 Å². The molecule has 100 valence electrons. The minimum atomic E-state index is -0.248. The number of aliphatic imine (C=N–C) groups is 1. The number of benzene rings is 1. The van der Waals surface area contributed by atoms with E-state index >= 15 is 0 Å². The Kier molecular flexibility index (Phi) is 3.62. The van der Waals surface area contributed by atoms with Gasteiger partial charge in [-0.25, -0.2) is 4.79 Å². The second-order valence-corrected chi connectivity index (χ2v) is 5.41. The molecule has 1 aliphatic carbocycles. The molecule has 3 heteroatoms. The molecule has 0 radical (unpaired) electrons. The number of carbonyl (C=O) groups is 1. The number of ether oxygens (including phenoxy) is 1. The van der Waals surface area contributed by atoms with Gasteiger partial charge in [-0.1, -0.05) is 36.8 Å². The van der Waals surface area contributed by atoms with Crippen LogP contribution in [0.5, 0.6) is 0 Å². The molecule has 1 saturated carbocycles. The lowest BCUT2D eigenvalue weighted by molar-refractivity contribution is -0.146. The first kappa shape index (κ1) is 12.4. The zero-order valence-electron chi connectivity index (χ0n) is 11.0. The smallest absolute Gasteiger partial charge is 0.331 e. The zero-order valence-corrected chi connectivity index (χ0v) is 11.0. The summed E-state index contributed by atoms with van der Waals surface area (Å²) in [4.78, 5) is 16.6. The highest BCUT2D eigenvalue weighted by molar-refractivity contribution is 5.93. The van der Waals surface area contributed by atoms with Crippen LogP contribution in [0, 0.1) is 5.92 Å². The van der Waals surface area contributed by atoms with Crippen LogP contribution in [0.15, 0.2) is 35.3 Å². The third kappa shape index (κ3) is 2.86. The second-order valence-electron chi connectivity index (χ2n) is 5.41. The molecule has 3 nitrogen and oxygen atoms in total. The van der Waals surface area contributed by atoms with E-state index in [4.69, 9.17) is 4.74 Å². The number of hydrogen-bond donors (Lipinski definition) is 0. The summed E-state index contributed by atoms with van der Waals surface area (Å²) < 4.78 is 5.37. The SMILES string of the molecule is O=C(OCc1ccccc1)C1CC2CCCCC2=N1. The number of hydrogen-bond acceptors (Lipinski definition) is 3. The molecule has 0 amide bonds. The normalized spacial score (nSPS) is 25.6. The quantitative estimate of drug-likeness (QED) is 0.780. The van der Waals surface area contributed by atoms with E-state index in [2.05, 4.69) is 4.99 Å². The molecule has 1 aromatic rings. The van der Waals surface area contributed by atoms with Crippen LogP contribution in [0.2, 0.25) is 0 Å². The van der Waals surface area contributed by atoms with Gasteiger partial charge in [-0.3, -0.25) is 4.99 Å². The summed E-state index contributed by atoms with van der Waals surface area (Å²) >= 11 is 0. The number of carbonyl (C=O) groups excluding carboxylic acids is 1. The second kappa shape index (κ2) is 5.55. The van der Waals surface area contributed by atoms with Crippen molar-refractivity contribution in [2.45, 2.75) is 44.8 Å². The van der Waals surface area contributed by atoms with Crippen molar-refractivity contribution in [3.8, 4) is 0 Å². The van der Waals surface area contributed by atoms with Crippen LogP contribution < -0.4 is 0 Å². The van der Waals surface area contributed by atoms with E-state index in [1.54, 1.807) is 0 Å². The van der Waals surface area contributed by atoms with Crippen molar-refractivity contribution >= 4 is 11.7 Å². The van der Waals surface area contributed by atoms with Crippen molar-refractivity contribution in [1.29, 1.82) is 0 Å². The van der Waals surface area contributed by atoms with E-state index in [1.165, 1.54) is 25.0 Å². The van der Waals surface area contributed by atoms with Crippen molar-refractivity contribution in [3.05, 3.63) is 35.9 Å². The van der Waals surface area contributed by atoms with Crippen LogP contribution >= 0.6 is 0 Å². The van der Waals surface area contributed by atoms with E-state index in [0.29, 0.717) is 12.5 Å². The monoisotopic (exact) mass is 257 g/mol. The van der Waals surface area contributed by atoms with Crippen molar-refractivity contribution < 1.29 is 9.53 Å². The molecular formula is C16H19NO2. The summed E-state index contributed by atoms with van der Waals surface area (Å²) in [5, 5.41) is 0. The van der Waals surface area contributed by atoms with Gasteiger partial charge in [0.1, 0.15) is 12.6 Å². The number of esters is 1. The van der Waals surface area contributed by atoms with Gasteiger partial charge < -0.3 is 4.74 Å². The third-order valence-electron chi connectivity index (χ3n) is 4.03. The largest absolute Gasteiger partial charge is 0.459 e. The predicted octanol–water partition coefficient (Wildman–Crippen LogP) is 3.13. The summed E-state index contributed by atoms with van der Waals surface area (Å²) in [6.45, 7) is 0.353.